The van der Waals surface area contributed by atoms with E-state index in [1.54, 1.807) is 11.8 Å². The first-order valence-electron chi connectivity index (χ1n) is 9.92. The molecule has 2 amide bonds. The fourth-order valence-electron chi connectivity index (χ4n) is 4.07. The molecule has 30 heavy (non-hydrogen) atoms. The molecule has 1 aromatic heterocycles. The Balaban J connectivity index is 1.55. The summed E-state index contributed by atoms with van der Waals surface area (Å²) >= 11 is 0. The van der Waals surface area contributed by atoms with Gasteiger partial charge in [0.2, 0.25) is 17.8 Å². The fourth-order valence-corrected chi connectivity index (χ4v) is 4.07. The van der Waals surface area contributed by atoms with Crippen molar-refractivity contribution in [3.8, 4) is 5.75 Å². The third-order valence-electron chi connectivity index (χ3n) is 5.63. The number of anilines is 2. The van der Waals surface area contributed by atoms with Crippen LogP contribution in [-0.2, 0) is 9.59 Å². The normalized spacial score (nSPS) is 20.8. The van der Waals surface area contributed by atoms with E-state index in [1.807, 2.05) is 42.5 Å². The Kier molecular flexibility index (Phi) is 4.46. The van der Waals surface area contributed by atoms with E-state index in [2.05, 4.69) is 27.5 Å². The van der Waals surface area contributed by atoms with Gasteiger partial charge in [-0.25, -0.2) is 9.58 Å². The van der Waals surface area contributed by atoms with Crippen LogP contribution in [0.1, 0.15) is 42.5 Å². The van der Waals surface area contributed by atoms with Crippen LogP contribution in [0.15, 0.2) is 54.6 Å². The van der Waals surface area contributed by atoms with Gasteiger partial charge in [0.05, 0.1) is 19.2 Å². The van der Waals surface area contributed by atoms with Gasteiger partial charge in [0.15, 0.2) is 0 Å². The minimum Gasteiger partial charge on any atom is -0.497 e. The molecule has 0 bridgehead atoms. The predicted octanol–water partition coefficient (Wildman–Crippen LogP) is 3.09. The zero-order valence-electron chi connectivity index (χ0n) is 16.5. The summed E-state index contributed by atoms with van der Waals surface area (Å²) in [5.74, 6) is 0.960. The van der Waals surface area contributed by atoms with Crippen LogP contribution in [0.5, 0.6) is 5.75 Å². The number of benzene rings is 2. The van der Waals surface area contributed by atoms with Crippen molar-refractivity contribution in [2.24, 2.45) is 0 Å². The van der Waals surface area contributed by atoms with Gasteiger partial charge in [-0.05, 0) is 29.7 Å². The molecule has 2 atom stereocenters. The van der Waals surface area contributed by atoms with Crippen LogP contribution < -0.4 is 15.0 Å². The largest absolute Gasteiger partial charge is 0.497 e. The molecule has 8 heteroatoms. The topological polar surface area (TPSA) is 89.4 Å². The van der Waals surface area contributed by atoms with Gasteiger partial charge in [-0.15, -0.1) is 5.10 Å². The molecule has 1 saturated heterocycles. The van der Waals surface area contributed by atoms with Crippen LogP contribution >= 0.6 is 0 Å². The first-order valence-corrected chi connectivity index (χ1v) is 9.92. The molecule has 2 aliphatic heterocycles. The summed E-state index contributed by atoms with van der Waals surface area (Å²) in [7, 11) is 1.64. The molecule has 1 fully saturated rings. The summed E-state index contributed by atoms with van der Waals surface area (Å²) in [6, 6.07) is 17.9. The number of rotatable bonds is 4. The van der Waals surface area contributed by atoms with Gasteiger partial charge in [0.25, 0.3) is 5.95 Å². The van der Waals surface area contributed by atoms with Crippen LogP contribution in [0, 0.1) is 0 Å². The molecule has 2 aliphatic rings. The van der Waals surface area contributed by atoms with Gasteiger partial charge in [-0.3, -0.25) is 9.59 Å². The lowest BCUT2D eigenvalue weighted by Crippen LogP contribution is -2.30. The number of carbonyl (C=O) groups is 2. The molecule has 0 spiro atoms. The molecule has 0 saturated carbocycles. The molecular weight excluding hydrogens is 382 g/mol. The lowest BCUT2D eigenvalue weighted by atomic mass is 9.93. The number of methoxy groups -OCH3 is 1. The number of carbonyl (C=O) groups excluding carboxylic acids is 2. The maximum absolute atomic E-state index is 12.2. The number of hydrogen-bond acceptors (Lipinski definition) is 6. The zero-order chi connectivity index (χ0) is 20.7. The van der Waals surface area contributed by atoms with Crippen LogP contribution in [0.3, 0.4) is 0 Å². The predicted molar refractivity (Wildman–Crippen MR) is 110 cm³/mol. The smallest absolute Gasteiger partial charge is 0.260 e. The van der Waals surface area contributed by atoms with E-state index in [4.69, 9.17) is 4.74 Å². The highest BCUT2D eigenvalue weighted by Gasteiger charge is 2.37. The first-order chi connectivity index (χ1) is 14.6. The maximum Gasteiger partial charge on any atom is 0.260 e. The summed E-state index contributed by atoms with van der Waals surface area (Å²) in [6.45, 7) is 0. The van der Waals surface area contributed by atoms with Crippen molar-refractivity contribution in [2.45, 2.75) is 31.3 Å². The number of imide groups is 1. The molecular formula is C22H21N5O3. The molecule has 8 nitrogen and oxygen atoms in total. The van der Waals surface area contributed by atoms with E-state index in [-0.39, 0.29) is 42.7 Å². The second-order valence-corrected chi connectivity index (χ2v) is 7.44. The molecule has 2 aromatic carbocycles. The highest BCUT2D eigenvalue weighted by atomic mass is 16.5. The van der Waals surface area contributed by atoms with Crippen molar-refractivity contribution >= 4 is 23.7 Å². The van der Waals surface area contributed by atoms with E-state index >= 15 is 0 Å². The van der Waals surface area contributed by atoms with Crippen molar-refractivity contribution in [3.05, 3.63) is 65.7 Å². The SMILES string of the molecule is COc1ccc([C@@H]2C[C@H](c3ccccc3)n3nc(N4C(=O)CCC4=O)nc3N2)cc1. The Hall–Kier alpha value is -3.68. The summed E-state index contributed by atoms with van der Waals surface area (Å²) < 4.78 is 7.05. The van der Waals surface area contributed by atoms with E-state index in [0.717, 1.165) is 28.2 Å². The van der Waals surface area contributed by atoms with Gasteiger partial charge in [0, 0.05) is 12.8 Å². The average Bonchev–Trinajstić information content (AvgIpc) is 3.35. The van der Waals surface area contributed by atoms with Crippen molar-refractivity contribution in [3.63, 3.8) is 0 Å². The number of fused-ring (bicyclic) bond motifs is 1. The van der Waals surface area contributed by atoms with Gasteiger partial charge in [0.1, 0.15) is 5.75 Å². The van der Waals surface area contributed by atoms with E-state index in [1.165, 1.54) is 0 Å². The van der Waals surface area contributed by atoms with Gasteiger partial charge in [-0.2, -0.15) is 4.98 Å². The highest BCUT2D eigenvalue weighted by molar-refractivity contribution is 6.18. The van der Waals surface area contributed by atoms with Crippen LogP contribution in [0.25, 0.3) is 0 Å². The van der Waals surface area contributed by atoms with E-state index < -0.39 is 0 Å². The highest BCUT2D eigenvalue weighted by Crippen LogP contribution is 2.39. The lowest BCUT2D eigenvalue weighted by molar-refractivity contribution is -0.121. The van der Waals surface area contributed by atoms with Gasteiger partial charge in [-0.1, -0.05) is 42.5 Å². The quantitative estimate of drug-likeness (QED) is 0.674. The second kappa shape index (κ2) is 7.29. The number of ether oxygens (including phenoxy) is 1. The molecule has 5 rings (SSSR count). The minimum absolute atomic E-state index is 0.00403. The van der Waals surface area contributed by atoms with E-state index in [0.29, 0.717) is 5.95 Å². The zero-order valence-corrected chi connectivity index (χ0v) is 16.5. The third-order valence-corrected chi connectivity index (χ3v) is 5.63. The Morgan fingerprint density at radius 1 is 0.967 bits per heavy atom. The number of hydrogen-bond donors (Lipinski definition) is 1. The number of nitrogens with zero attached hydrogens (tertiary/aromatic N) is 4. The number of aromatic nitrogens is 3. The van der Waals surface area contributed by atoms with E-state index in [9.17, 15) is 9.59 Å². The standard InChI is InChI=1S/C22H21N5O3/c1-30-16-9-7-14(8-10-16)17-13-18(15-5-3-2-4-6-15)27-21(23-17)24-22(25-27)26-19(28)11-12-20(26)29/h2-10,17-18H,11-13H2,1H3,(H,23,24,25)/t17-,18+/m0/s1. The fraction of sp³-hybridized carbons (Fsp3) is 0.273. The summed E-state index contributed by atoms with van der Waals surface area (Å²) in [5.41, 5.74) is 2.19. The van der Waals surface area contributed by atoms with Crippen molar-refractivity contribution < 1.29 is 14.3 Å². The average molecular weight is 403 g/mol. The monoisotopic (exact) mass is 403 g/mol. The number of amides is 2. The molecule has 1 N–H and O–H groups in total. The Morgan fingerprint density at radius 3 is 2.33 bits per heavy atom. The van der Waals surface area contributed by atoms with Crippen molar-refractivity contribution in [2.75, 3.05) is 17.3 Å². The number of nitrogens with one attached hydrogen (secondary N) is 1. The van der Waals surface area contributed by atoms with Crippen molar-refractivity contribution in [1.29, 1.82) is 0 Å². The minimum atomic E-state index is -0.258. The van der Waals surface area contributed by atoms with Crippen molar-refractivity contribution in [1.82, 2.24) is 14.8 Å². The molecule has 152 valence electrons. The molecule has 0 aliphatic carbocycles. The lowest BCUT2D eigenvalue weighted by Gasteiger charge is -2.31. The summed E-state index contributed by atoms with van der Waals surface area (Å²) in [4.78, 5) is 30.0. The van der Waals surface area contributed by atoms with Crippen LogP contribution in [0.2, 0.25) is 0 Å². The maximum atomic E-state index is 12.2. The molecule has 0 radical (unpaired) electrons. The van der Waals surface area contributed by atoms with Crippen LogP contribution in [-0.4, -0.2) is 33.7 Å². The third kappa shape index (κ3) is 3.10. The van der Waals surface area contributed by atoms with Crippen LogP contribution in [0.4, 0.5) is 11.9 Å². The Bertz CT molecular complexity index is 1080. The summed E-state index contributed by atoms with van der Waals surface area (Å²) in [6.07, 6.45) is 1.15. The molecule has 3 heterocycles. The Labute approximate surface area is 173 Å². The second-order valence-electron chi connectivity index (χ2n) is 7.44. The molecule has 3 aromatic rings. The van der Waals surface area contributed by atoms with Gasteiger partial charge < -0.3 is 10.1 Å². The Morgan fingerprint density at radius 2 is 1.67 bits per heavy atom. The first kappa shape index (κ1) is 18.4. The molecule has 0 unspecified atom stereocenters. The summed E-state index contributed by atoms with van der Waals surface area (Å²) in [5, 5.41) is 7.98. The van der Waals surface area contributed by atoms with Gasteiger partial charge >= 0.3 is 0 Å².